The van der Waals surface area contributed by atoms with E-state index in [4.69, 9.17) is 4.74 Å². The van der Waals surface area contributed by atoms with Crippen molar-refractivity contribution in [1.29, 1.82) is 0 Å². The predicted octanol–water partition coefficient (Wildman–Crippen LogP) is 2.54. The molecule has 1 N–H and O–H groups in total. The summed E-state index contributed by atoms with van der Waals surface area (Å²) in [5, 5.41) is 2.94. The maximum atomic E-state index is 12.7. The molecule has 0 aromatic heterocycles. The maximum Gasteiger partial charge on any atom is 0.337 e. The van der Waals surface area contributed by atoms with E-state index in [1.807, 2.05) is 24.3 Å². The van der Waals surface area contributed by atoms with E-state index in [1.54, 1.807) is 36.3 Å². The Hall–Kier alpha value is -3.35. The number of ether oxygens (including phenoxy) is 2. The third-order valence-electron chi connectivity index (χ3n) is 5.27. The number of hydrogen-bond donors (Lipinski definition) is 1. The van der Waals surface area contributed by atoms with Crippen LogP contribution >= 0.6 is 0 Å². The number of carbonyl (C=O) groups is 3. The number of amides is 2. The molecule has 1 saturated heterocycles. The van der Waals surface area contributed by atoms with Crippen LogP contribution in [0.5, 0.6) is 5.75 Å². The van der Waals surface area contributed by atoms with Gasteiger partial charge in [-0.05, 0) is 30.2 Å². The van der Waals surface area contributed by atoms with E-state index in [2.05, 4.69) is 10.1 Å². The molecule has 7 heteroatoms. The van der Waals surface area contributed by atoms with Gasteiger partial charge in [-0.15, -0.1) is 0 Å². The van der Waals surface area contributed by atoms with Crippen molar-refractivity contribution in [2.24, 2.45) is 5.92 Å². The van der Waals surface area contributed by atoms with E-state index >= 15 is 0 Å². The van der Waals surface area contributed by atoms with Crippen molar-refractivity contribution in [3.63, 3.8) is 0 Å². The van der Waals surface area contributed by atoms with Crippen LogP contribution in [0.1, 0.15) is 34.3 Å². The highest BCUT2D eigenvalue weighted by Gasteiger charge is 2.30. The summed E-state index contributed by atoms with van der Waals surface area (Å²) in [6.45, 7) is 1.16. The number of nitrogens with zero attached hydrogens (tertiary/aromatic N) is 1. The fourth-order valence-corrected chi connectivity index (χ4v) is 3.53. The minimum atomic E-state index is -0.396. The topological polar surface area (TPSA) is 84.9 Å². The van der Waals surface area contributed by atoms with Gasteiger partial charge in [0.25, 0.3) is 0 Å². The fraction of sp³-hybridized carbons (Fsp3) is 0.348. The maximum absolute atomic E-state index is 12.7. The van der Waals surface area contributed by atoms with Crippen LogP contribution in [0.2, 0.25) is 0 Å². The summed E-state index contributed by atoms with van der Waals surface area (Å²) in [6.07, 6.45) is 0.884. The lowest BCUT2D eigenvalue weighted by atomic mass is 9.96. The minimum absolute atomic E-state index is 0.0448. The molecule has 3 rings (SSSR count). The number of hydrogen-bond acceptors (Lipinski definition) is 5. The van der Waals surface area contributed by atoms with E-state index in [0.29, 0.717) is 38.0 Å². The van der Waals surface area contributed by atoms with Crippen molar-refractivity contribution in [3.8, 4) is 5.75 Å². The van der Waals surface area contributed by atoms with Gasteiger partial charge in [-0.1, -0.05) is 30.3 Å². The normalized spacial score (nSPS) is 16.1. The molecule has 30 heavy (non-hydrogen) atoms. The second-order valence-corrected chi connectivity index (χ2v) is 7.23. The Labute approximate surface area is 176 Å². The second-order valence-electron chi connectivity index (χ2n) is 7.23. The molecule has 0 bridgehead atoms. The van der Waals surface area contributed by atoms with Gasteiger partial charge >= 0.3 is 5.97 Å². The Morgan fingerprint density at radius 2 is 1.83 bits per heavy atom. The summed E-state index contributed by atoms with van der Waals surface area (Å²) in [4.78, 5) is 38.3. The Balaban J connectivity index is 1.57. The van der Waals surface area contributed by atoms with Gasteiger partial charge in [0.1, 0.15) is 5.75 Å². The van der Waals surface area contributed by atoms with E-state index < -0.39 is 5.97 Å². The molecule has 1 atom stereocenters. The molecule has 0 spiro atoms. The van der Waals surface area contributed by atoms with Gasteiger partial charge in [-0.25, -0.2) is 4.79 Å². The number of nitrogens with one attached hydrogen (secondary N) is 1. The number of benzene rings is 2. The molecular weight excluding hydrogens is 384 g/mol. The van der Waals surface area contributed by atoms with Crippen LogP contribution in [0.4, 0.5) is 0 Å². The first-order chi connectivity index (χ1) is 14.5. The Kier molecular flexibility index (Phi) is 7.06. The molecule has 0 aliphatic carbocycles. The lowest BCUT2D eigenvalue weighted by Crippen LogP contribution is -2.45. The van der Waals surface area contributed by atoms with Gasteiger partial charge in [-0.2, -0.15) is 0 Å². The Morgan fingerprint density at radius 3 is 2.53 bits per heavy atom. The standard InChI is InChI=1S/C23H26N2O5/c1-29-20-6-4-3-5-18(20)14-25-15-19(11-12-21(25)26)22(27)24-13-16-7-9-17(10-8-16)23(28)30-2/h3-10,19H,11-15H2,1-2H3,(H,24,27). The van der Waals surface area contributed by atoms with E-state index in [9.17, 15) is 14.4 Å². The first-order valence-corrected chi connectivity index (χ1v) is 9.86. The molecule has 0 saturated carbocycles. The molecule has 1 fully saturated rings. The summed E-state index contributed by atoms with van der Waals surface area (Å²) < 4.78 is 10.0. The van der Waals surface area contributed by atoms with Gasteiger partial charge < -0.3 is 19.7 Å². The van der Waals surface area contributed by atoms with Crippen LogP contribution in [0, 0.1) is 5.92 Å². The van der Waals surface area contributed by atoms with Crippen LogP contribution in [0.25, 0.3) is 0 Å². The molecule has 1 aliphatic rings. The molecule has 0 radical (unpaired) electrons. The molecule has 1 heterocycles. The molecule has 1 unspecified atom stereocenters. The Bertz CT molecular complexity index is 910. The van der Waals surface area contributed by atoms with Crippen LogP contribution in [-0.4, -0.2) is 43.4 Å². The lowest BCUT2D eigenvalue weighted by Gasteiger charge is -2.32. The number of esters is 1. The number of piperidine rings is 1. The molecule has 2 aromatic carbocycles. The zero-order chi connectivity index (χ0) is 21.5. The van der Waals surface area contributed by atoms with Crippen LogP contribution in [0.15, 0.2) is 48.5 Å². The highest BCUT2D eigenvalue weighted by atomic mass is 16.5. The predicted molar refractivity (Wildman–Crippen MR) is 111 cm³/mol. The molecule has 2 amide bonds. The van der Waals surface area contributed by atoms with Crippen molar-refractivity contribution >= 4 is 17.8 Å². The van der Waals surface area contributed by atoms with Crippen molar-refractivity contribution < 1.29 is 23.9 Å². The van der Waals surface area contributed by atoms with Gasteiger partial charge in [0, 0.05) is 31.6 Å². The average molecular weight is 410 g/mol. The highest BCUT2D eigenvalue weighted by molar-refractivity contribution is 5.89. The summed E-state index contributed by atoms with van der Waals surface area (Å²) in [5.41, 5.74) is 2.26. The molecule has 1 aliphatic heterocycles. The van der Waals surface area contributed by atoms with Gasteiger partial charge in [0.05, 0.1) is 25.7 Å². The first kappa shape index (κ1) is 21.4. The van der Waals surface area contributed by atoms with E-state index in [-0.39, 0.29) is 17.7 Å². The summed E-state index contributed by atoms with van der Waals surface area (Å²) in [7, 11) is 2.94. The van der Waals surface area contributed by atoms with Gasteiger partial charge in [-0.3, -0.25) is 9.59 Å². The fourth-order valence-electron chi connectivity index (χ4n) is 3.53. The number of carbonyl (C=O) groups excluding carboxylic acids is 3. The summed E-state index contributed by atoms with van der Waals surface area (Å²) >= 11 is 0. The third-order valence-corrected chi connectivity index (χ3v) is 5.27. The lowest BCUT2D eigenvalue weighted by molar-refractivity contribution is -0.139. The smallest absolute Gasteiger partial charge is 0.337 e. The Morgan fingerprint density at radius 1 is 1.10 bits per heavy atom. The molecule has 158 valence electrons. The summed E-state index contributed by atoms with van der Waals surface area (Å²) in [6, 6.07) is 14.5. The third kappa shape index (κ3) is 5.17. The highest BCUT2D eigenvalue weighted by Crippen LogP contribution is 2.24. The van der Waals surface area contributed by atoms with Crippen molar-refractivity contribution in [2.45, 2.75) is 25.9 Å². The van der Waals surface area contributed by atoms with Crippen LogP contribution < -0.4 is 10.1 Å². The van der Waals surface area contributed by atoms with Crippen molar-refractivity contribution in [3.05, 3.63) is 65.2 Å². The first-order valence-electron chi connectivity index (χ1n) is 9.86. The van der Waals surface area contributed by atoms with E-state index in [1.165, 1.54) is 7.11 Å². The quantitative estimate of drug-likeness (QED) is 0.709. The molecule has 7 nitrogen and oxygen atoms in total. The zero-order valence-corrected chi connectivity index (χ0v) is 17.2. The summed E-state index contributed by atoms with van der Waals surface area (Å²) in [5.74, 6) is 0.0412. The van der Waals surface area contributed by atoms with Crippen molar-refractivity contribution in [2.75, 3.05) is 20.8 Å². The number of likely N-dealkylation sites (tertiary alicyclic amines) is 1. The average Bonchev–Trinajstić information content (AvgIpc) is 2.79. The number of rotatable bonds is 7. The van der Waals surface area contributed by atoms with Crippen LogP contribution in [0.3, 0.4) is 0 Å². The van der Waals surface area contributed by atoms with Gasteiger partial charge in [0.2, 0.25) is 11.8 Å². The van der Waals surface area contributed by atoms with E-state index in [0.717, 1.165) is 16.9 Å². The number of methoxy groups -OCH3 is 2. The molecular formula is C23H26N2O5. The molecule has 2 aromatic rings. The van der Waals surface area contributed by atoms with Gasteiger partial charge in [0.15, 0.2) is 0 Å². The monoisotopic (exact) mass is 410 g/mol. The number of para-hydroxylation sites is 1. The van der Waals surface area contributed by atoms with Crippen LogP contribution in [-0.2, 0) is 27.4 Å². The second kappa shape index (κ2) is 9.91. The minimum Gasteiger partial charge on any atom is -0.496 e. The zero-order valence-electron chi connectivity index (χ0n) is 17.2. The SMILES string of the molecule is COC(=O)c1ccc(CNC(=O)C2CCC(=O)N(Cc3ccccc3OC)C2)cc1. The van der Waals surface area contributed by atoms with Crippen molar-refractivity contribution in [1.82, 2.24) is 10.2 Å². The largest absolute Gasteiger partial charge is 0.496 e.